The minimum absolute atomic E-state index is 0.137. The summed E-state index contributed by atoms with van der Waals surface area (Å²) in [5.41, 5.74) is 8.04. The maximum atomic E-state index is 13.1. The first kappa shape index (κ1) is 13.2. The molecule has 0 amide bonds. The molecule has 2 aromatic carbocycles. The number of carbonyl (C=O) groups is 1. The molecule has 21 heavy (non-hydrogen) atoms. The van der Waals surface area contributed by atoms with Crippen LogP contribution in [0, 0.1) is 5.82 Å². The number of nitrogens with two attached hydrogens (primary N) is 1. The predicted octanol–water partition coefficient (Wildman–Crippen LogP) is 3.25. The van der Waals surface area contributed by atoms with Crippen LogP contribution in [-0.4, -0.2) is 11.0 Å². The maximum Gasteiger partial charge on any atom is 0.340 e. The molecule has 0 unspecified atom stereocenters. The average Bonchev–Trinajstić information content (AvgIpc) is 2.88. The Kier molecular flexibility index (Phi) is 3.31. The fourth-order valence-electron chi connectivity index (χ4n) is 2.18. The van der Waals surface area contributed by atoms with Gasteiger partial charge < -0.3 is 15.5 Å². The monoisotopic (exact) mass is 284 g/mol. The first-order valence-corrected chi connectivity index (χ1v) is 6.41. The number of benzene rings is 2. The van der Waals surface area contributed by atoms with Gasteiger partial charge in [0.25, 0.3) is 0 Å². The molecular formula is C16H13FN2O2. The van der Waals surface area contributed by atoms with Crippen LogP contribution in [-0.2, 0) is 11.3 Å². The van der Waals surface area contributed by atoms with Gasteiger partial charge in [-0.3, -0.25) is 0 Å². The summed E-state index contributed by atoms with van der Waals surface area (Å²) in [5.74, 6) is -0.820. The molecule has 1 heterocycles. The Morgan fingerprint density at radius 3 is 2.90 bits per heavy atom. The first-order chi connectivity index (χ1) is 10.1. The van der Waals surface area contributed by atoms with Gasteiger partial charge in [0.05, 0.1) is 5.56 Å². The number of aromatic amines is 1. The predicted molar refractivity (Wildman–Crippen MR) is 78.2 cm³/mol. The molecule has 4 nitrogen and oxygen atoms in total. The molecule has 5 heteroatoms. The zero-order chi connectivity index (χ0) is 14.8. The maximum absolute atomic E-state index is 13.1. The van der Waals surface area contributed by atoms with Gasteiger partial charge >= 0.3 is 5.97 Å². The standard InChI is InChI=1S/C16H13FN2O2/c17-11-4-5-13-14(8-19-15(13)7-11)16(20)21-9-10-2-1-3-12(18)6-10/h1-8,19H,9,18H2. The second kappa shape index (κ2) is 5.28. The van der Waals surface area contributed by atoms with E-state index in [4.69, 9.17) is 10.5 Å². The second-order valence-corrected chi connectivity index (χ2v) is 4.71. The number of hydrogen-bond donors (Lipinski definition) is 2. The van der Waals surface area contributed by atoms with Crippen molar-refractivity contribution in [2.45, 2.75) is 6.61 Å². The van der Waals surface area contributed by atoms with Crippen LogP contribution < -0.4 is 5.73 Å². The Morgan fingerprint density at radius 2 is 2.10 bits per heavy atom. The van der Waals surface area contributed by atoms with Crippen LogP contribution >= 0.6 is 0 Å². The Morgan fingerprint density at radius 1 is 1.24 bits per heavy atom. The number of rotatable bonds is 3. The lowest BCUT2D eigenvalue weighted by atomic mass is 10.2. The van der Waals surface area contributed by atoms with Gasteiger partial charge in [-0.15, -0.1) is 0 Å². The van der Waals surface area contributed by atoms with E-state index >= 15 is 0 Å². The highest BCUT2D eigenvalue weighted by Gasteiger charge is 2.13. The molecule has 0 atom stereocenters. The van der Waals surface area contributed by atoms with Crippen LogP contribution in [0.5, 0.6) is 0 Å². The highest BCUT2D eigenvalue weighted by molar-refractivity contribution is 6.04. The van der Waals surface area contributed by atoms with Gasteiger partial charge in [-0.05, 0) is 35.9 Å². The molecule has 1 aromatic heterocycles. The Hall–Kier alpha value is -2.82. The van der Waals surface area contributed by atoms with E-state index in [1.165, 1.54) is 18.3 Å². The lowest BCUT2D eigenvalue weighted by molar-refractivity contribution is 0.0475. The number of hydrogen-bond acceptors (Lipinski definition) is 3. The molecule has 3 aromatic rings. The number of ether oxygens (including phenoxy) is 1. The van der Waals surface area contributed by atoms with Gasteiger partial charge in [0.2, 0.25) is 0 Å². The van der Waals surface area contributed by atoms with Gasteiger partial charge in [-0.25, -0.2) is 9.18 Å². The molecule has 0 spiro atoms. The van der Waals surface area contributed by atoms with E-state index in [-0.39, 0.29) is 12.4 Å². The fraction of sp³-hybridized carbons (Fsp3) is 0.0625. The first-order valence-electron chi connectivity index (χ1n) is 6.41. The number of anilines is 1. The van der Waals surface area contributed by atoms with Crippen molar-refractivity contribution in [2.24, 2.45) is 0 Å². The van der Waals surface area contributed by atoms with Gasteiger partial charge in [0, 0.05) is 22.8 Å². The molecule has 3 N–H and O–H groups in total. The highest BCUT2D eigenvalue weighted by Crippen LogP contribution is 2.20. The molecule has 106 valence electrons. The number of nitrogen functional groups attached to an aromatic ring is 1. The van der Waals surface area contributed by atoms with Crippen LogP contribution in [0.25, 0.3) is 10.9 Å². The summed E-state index contributed by atoms with van der Waals surface area (Å²) in [6.07, 6.45) is 1.52. The van der Waals surface area contributed by atoms with Crippen LogP contribution in [0.2, 0.25) is 0 Å². The summed E-state index contributed by atoms with van der Waals surface area (Å²) >= 11 is 0. The SMILES string of the molecule is Nc1cccc(COC(=O)c2c[nH]c3cc(F)ccc23)c1. The number of halogens is 1. The summed E-state index contributed by atoms with van der Waals surface area (Å²) in [7, 11) is 0. The summed E-state index contributed by atoms with van der Waals surface area (Å²) in [4.78, 5) is 15.0. The van der Waals surface area contributed by atoms with E-state index in [1.807, 2.05) is 6.07 Å². The van der Waals surface area contributed by atoms with Crippen molar-refractivity contribution >= 4 is 22.6 Å². The lowest BCUT2D eigenvalue weighted by Gasteiger charge is -2.05. The topological polar surface area (TPSA) is 68.1 Å². The normalized spacial score (nSPS) is 10.7. The number of nitrogens with one attached hydrogen (secondary N) is 1. The molecule has 0 bridgehead atoms. The summed E-state index contributed by atoms with van der Waals surface area (Å²) < 4.78 is 18.4. The summed E-state index contributed by atoms with van der Waals surface area (Å²) in [5, 5.41) is 0.633. The van der Waals surface area contributed by atoms with Gasteiger partial charge in [-0.2, -0.15) is 0 Å². The quantitative estimate of drug-likeness (QED) is 0.573. The summed E-state index contributed by atoms with van der Waals surface area (Å²) in [6.45, 7) is 0.137. The van der Waals surface area contributed by atoms with Gasteiger partial charge in [-0.1, -0.05) is 12.1 Å². The van der Waals surface area contributed by atoms with E-state index < -0.39 is 5.97 Å². The van der Waals surface area contributed by atoms with Gasteiger partial charge in [0.1, 0.15) is 12.4 Å². The highest BCUT2D eigenvalue weighted by atomic mass is 19.1. The largest absolute Gasteiger partial charge is 0.457 e. The van der Waals surface area contributed by atoms with E-state index in [0.717, 1.165) is 5.56 Å². The molecule has 0 saturated heterocycles. The van der Waals surface area contributed by atoms with Crippen molar-refractivity contribution in [3.63, 3.8) is 0 Å². The molecule has 0 aliphatic rings. The fourth-order valence-corrected chi connectivity index (χ4v) is 2.18. The van der Waals surface area contributed by atoms with E-state index in [2.05, 4.69) is 4.98 Å². The average molecular weight is 284 g/mol. The van der Waals surface area contributed by atoms with Crippen LogP contribution in [0.3, 0.4) is 0 Å². The van der Waals surface area contributed by atoms with Crippen molar-refractivity contribution in [3.05, 3.63) is 65.6 Å². The Labute approximate surface area is 120 Å². The van der Waals surface area contributed by atoms with E-state index in [9.17, 15) is 9.18 Å². The minimum atomic E-state index is -0.463. The number of carbonyl (C=O) groups excluding carboxylic acids is 1. The van der Waals surface area contributed by atoms with Crippen LogP contribution in [0.15, 0.2) is 48.7 Å². The third-order valence-electron chi connectivity index (χ3n) is 3.18. The van der Waals surface area contributed by atoms with Gasteiger partial charge in [0.15, 0.2) is 0 Å². The number of H-pyrrole nitrogens is 1. The van der Waals surface area contributed by atoms with Crippen molar-refractivity contribution in [2.75, 3.05) is 5.73 Å². The molecular weight excluding hydrogens is 271 g/mol. The molecule has 3 rings (SSSR count). The molecule has 0 fully saturated rings. The molecule has 0 aliphatic carbocycles. The molecule has 0 saturated carbocycles. The second-order valence-electron chi connectivity index (χ2n) is 4.71. The molecule has 0 radical (unpaired) electrons. The van der Waals surface area contributed by atoms with Crippen molar-refractivity contribution < 1.29 is 13.9 Å². The minimum Gasteiger partial charge on any atom is -0.457 e. The van der Waals surface area contributed by atoms with Crippen LogP contribution in [0.1, 0.15) is 15.9 Å². The smallest absolute Gasteiger partial charge is 0.340 e. The van der Waals surface area contributed by atoms with Crippen molar-refractivity contribution in [1.82, 2.24) is 4.98 Å². The Balaban J connectivity index is 1.78. The van der Waals surface area contributed by atoms with E-state index in [1.54, 1.807) is 24.3 Å². The number of fused-ring (bicyclic) bond motifs is 1. The molecule has 0 aliphatic heterocycles. The zero-order valence-corrected chi connectivity index (χ0v) is 11.1. The van der Waals surface area contributed by atoms with Crippen molar-refractivity contribution in [3.8, 4) is 0 Å². The number of esters is 1. The summed E-state index contributed by atoms with van der Waals surface area (Å²) in [6, 6.07) is 11.3. The third-order valence-corrected chi connectivity index (χ3v) is 3.18. The van der Waals surface area contributed by atoms with E-state index in [0.29, 0.717) is 22.2 Å². The number of aromatic nitrogens is 1. The van der Waals surface area contributed by atoms with Crippen LogP contribution in [0.4, 0.5) is 10.1 Å². The zero-order valence-electron chi connectivity index (χ0n) is 11.1. The Bertz CT molecular complexity index is 811. The lowest BCUT2D eigenvalue weighted by Crippen LogP contribution is -2.04. The third kappa shape index (κ3) is 2.72. The van der Waals surface area contributed by atoms with Crippen molar-refractivity contribution in [1.29, 1.82) is 0 Å².